The molecule has 0 aliphatic rings. The first-order valence-corrected chi connectivity index (χ1v) is 8.17. The number of nitrogens with one attached hydrogen (secondary N) is 1. The number of aromatic nitrogens is 1. The van der Waals surface area contributed by atoms with Crippen molar-refractivity contribution >= 4 is 22.5 Å². The summed E-state index contributed by atoms with van der Waals surface area (Å²) < 4.78 is 0. The minimum Gasteiger partial charge on any atom is -0.326 e. The fourth-order valence-electron chi connectivity index (χ4n) is 2.66. The molecule has 2 aromatic carbocycles. The van der Waals surface area contributed by atoms with Crippen LogP contribution in [0, 0.1) is 5.41 Å². The molecule has 3 nitrogen and oxygen atoms in total. The van der Waals surface area contributed by atoms with Crippen LogP contribution in [0.15, 0.2) is 60.7 Å². The summed E-state index contributed by atoms with van der Waals surface area (Å²) in [6, 6.07) is 20.0. The van der Waals surface area contributed by atoms with Gasteiger partial charge in [-0.3, -0.25) is 4.79 Å². The van der Waals surface area contributed by atoms with Gasteiger partial charge in [0.05, 0.1) is 11.2 Å². The van der Waals surface area contributed by atoms with Crippen LogP contribution in [0.2, 0.25) is 0 Å². The summed E-state index contributed by atoms with van der Waals surface area (Å²) in [6.07, 6.45) is 0.496. The van der Waals surface area contributed by atoms with Crippen molar-refractivity contribution < 1.29 is 4.79 Å². The lowest BCUT2D eigenvalue weighted by Gasteiger charge is -2.17. The van der Waals surface area contributed by atoms with Crippen molar-refractivity contribution in [2.24, 2.45) is 5.41 Å². The lowest BCUT2D eigenvalue weighted by molar-refractivity contribution is -0.117. The highest BCUT2D eigenvalue weighted by Gasteiger charge is 2.16. The van der Waals surface area contributed by atoms with Gasteiger partial charge in [-0.2, -0.15) is 0 Å². The number of hydrogen-bond donors (Lipinski definition) is 1. The quantitative estimate of drug-likeness (QED) is 0.714. The van der Waals surface area contributed by atoms with Gasteiger partial charge in [-0.15, -0.1) is 0 Å². The summed E-state index contributed by atoms with van der Waals surface area (Å²) in [6.45, 7) is 6.17. The molecule has 0 bridgehead atoms. The number of amides is 1. The van der Waals surface area contributed by atoms with Crippen LogP contribution < -0.4 is 5.32 Å². The highest BCUT2D eigenvalue weighted by molar-refractivity contribution is 5.94. The Balaban J connectivity index is 1.84. The molecule has 0 saturated heterocycles. The largest absolute Gasteiger partial charge is 0.326 e. The third-order valence-electron chi connectivity index (χ3n) is 3.73. The van der Waals surface area contributed by atoms with Crippen LogP contribution in [0.4, 0.5) is 5.69 Å². The normalized spacial score (nSPS) is 11.5. The van der Waals surface area contributed by atoms with E-state index in [2.05, 4.69) is 38.2 Å². The number of rotatable bonds is 3. The van der Waals surface area contributed by atoms with Crippen molar-refractivity contribution in [1.82, 2.24) is 4.98 Å². The molecule has 0 aliphatic carbocycles. The molecule has 3 aromatic rings. The van der Waals surface area contributed by atoms with E-state index >= 15 is 0 Å². The zero-order chi connectivity index (χ0) is 17.2. The van der Waals surface area contributed by atoms with Gasteiger partial charge in [-0.25, -0.2) is 4.98 Å². The summed E-state index contributed by atoms with van der Waals surface area (Å²) >= 11 is 0. The van der Waals surface area contributed by atoms with E-state index < -0.39 is 0 Å². The zero-order valence-corrected chi connectivity index (χ0v) is 14.3. The number of hydrogen-bond acceptors (Lipinski definition) is 2. The average molecular weight is 318 g/mol. The Morgan fingerprint density at radius 2 is 1.75 bits per heavy atom. The number of fused-ring (bicyclic) bond motifs is 1. The molecule has 1 aromatic heterocycles. The van der Waals surface area contributed by atoms with Crippen LogP contribution in [0.3, 0.4) is 0 Å². The first-order chi connectivity index (χ1) is 11.4. The molecule has 3 heteroatoms. The van der Waals surface area contributed by atoms with Gasteiger partial charge in [-0.05, 0) is 29.7 Å². The smallest absolute Gasteiger partial charge is 0.224 e. The lowest BCUT2D eigenvalue weighted by atomic mass is 9.92. The zero-order valence-electron chi connectivity index (χ0n) is 14.3. The second-order valence-corrected chi connectivity index (χ2v) is 7.26. The Morgan fingerprint density at radius 1 is 1.00 bits per heavy atom. The fourth-order valence-corrected chi connectivity index (χ4v) is 2.66. The van der Waals surface area contributed by atoms with E-state index in [0.717, 1.165) is 27.8 Å². The predicted molar refractivity (Wildman–Crippen MR) is 99.9 cm³/mol. The maximum atomic E-state index is 12.1. The van der Waals surface area contributed by atoms with Crippen molar-refractivity contribution in [2.75, 3.05) is 5.32 Å². The van der Waals surface area contributed by atoms with Crippen LogP contribution in [0.25, 0.3) is 22.2 Å². The number of carbonyl (C=O) groups is 1. The molecule has 1 N–H and O–H groups in total. The third kappa shape index (κ3) is 3.99. The topological polar surface area (TPSA) is 42.0 Å². The molecule has 0 fully saturated rings. The number of carbonyl (C=O) groups excluding carboxylic acids is 1. The summed E-state index contributed by atoms with van der Waals surface area (Å²) in [4.78, 5) is 16.8. The van der Waals surface area contributed by atoms with Gasteiger partial charge in [0.2, 0.25) is 5.91 Å². The van der Waals surface area contributed by atoms with Crippen molar-refractivity contribution in [3.63, 3.8) is 0 Å². The Kier molecular flexibility index (Phi) is 4.34. The first-order valence-electron chi connectivity index (χ1n) is 8.17. The summed E-state index contributed by atoms with van der Waals surface area (Å²) in [7, 11) is 0. The Labute approximate surface area is 142 Å². The Bertz CT molecular complexity index is 864. The number of nitrogens with zero attached hydrogens (tertiary/aromatic N) is 1. The fraction of sp³-hybridized carbons (Fsp3) is 0.238. The second kappa shape index (κ2) is 6.44. The van der Waals surface area contributed by atoms with Gasteiger partial charge in [0.25, 0.3) is 0 Å². The second-order valence-electron chi connectivity index (χ2n) is 7.26. The third-order valence-corrected chi connectivity index (χ3v) is 3.73. The van der Waals surface area contributed by atoms with Crippen molar-refractivity contribution in [1.29, 1.82) is 0 Å². The number of benzene rings is 2. The lowest BCUT2D eigenvalue weighted by Crippen LogP contribution is -2.19. The van der Waals surface area contributed by atoms with E-state index in [1.807, 2.05) is 48.5 Å². The van der Waals surface area contributed by atoms with Crippen LogP contribution in [-0.2, 0) is 4.79 Å². The van der Waals surface area contributed by atoms with Gasteiger partial charge in [0, 0.05) is 23.1 Å². The molecule has 3 rings (SSSR count). The van der Waals surface area contributed by atoms with E-state index in [1.165, 1.54) is 0 Å². The van der Waals surface area contributed by atoms with Gasteiger partial charge < -0.3 is 5.32 Å². The summed E-state index contributed by atoms with van der Waals surface area (Å²) in [5, 5.41) is 3.99. The maximum absolute atomic E-state index is 12.1. The van der Waals surface area contributed by atoms with E-state index in [-0.39, 0.29) is 11.3 Å². The molecule has 0 aliphatic heterocycles. The average Bonchev–Trinajstić information content (AvgIpc) is 2.53. The molecule has 0 spiro atoms. The molecular weight excluding hydrogens is 296 g/mol. The monoisotopic (exact) mass is 318 g/mol. The maximum Gasteiger partial charge on any atom is 0.224 e. The van der Waals surface area contributed by atoms with E-state index in [0.29, 0.717) is 6.42 Å². The SMILES string of the molecule is CC(C)(C)CC(=O)Nc1ccc2nc(-c3ccccc3)ccc2c1. The first kappa shape index (κ1) is 16.2. The Morgan fingerprint density at radius 3 is 2.46 bits per heavy atom. The van der Waals surface area contributed by atoms with Crippen LogP contribution in [0.5, 0.6) is 0 Å². The van der Waals surface area contributed by atoms with Crippen LogP contribution in [-0.4, -0.2) is 10.9 Å². The molecule has 0 radical (unpaired) electrons. The highest BCUT2D eigenvalue weighted by atomic mass is 16.1. The summed E-state index contributed by atoms with van der Waals surface area (Å²) in [5.74, 6) is 0.0377. The molecular formula is C21H22N2O. The van der Waals surface area contributed by atoms with Crippen LogP contribution in [0.1, 0.15) is 27.2 Å². The molecule has 0 saturated carbocycles. The number of pyridine rings is 1. The Hall–Kier alpha value is -2.68. The van der Waals surface area contributed by atoms with Gasteiger partial charge in [0.1, 0.15) is 0 Å². The molecule has 24 heavy (non-hydrogen) atoms. The molecule has 0 unspecified atom stereocenters. The van der Waals surface area contributed by atoms with Gasteiger partial charge >= 0.3 is 0 Å². The molecule has 122 valence electrons. The van der Waals surface area contributed by atoms with Gasteiger partial charge in [0.15, 0.2) is 0 Å². The molecule has 1 heterocycles. The minimum absolute atomic E-state index is 0.0208. The van der Waals surface area contributed by atoms with Crippen LogP contribution >= 0.6 is 0 Å². The highest BCUT2D eigenvalue weighted by Crippen LogP contribution is 2.24. The van der Waals surface area contributed by atoms with Crippen molar-refractivity contribution in [2.45, 2.75) is 27.2 Å². The molecule has 1 amide bonds. The van der Waals surface area contributed by atoms with Crippen molar-refractivity contribution in [3.8, 4) is 11.3 Å². The van der Waals surface area contributed by atoms with E-state index in [9.17, 15) is 4.79 Å². The van der Waals surface area contributed by atoms with E-state index in [4.69, 9.17) is 4.98 Å². The minimum atomic E-state index is -0.0208. The number of anilines is 1. The van der Waals surface area contributed by atoms with Crippen molar-refractivity contribution in [3.05, 3.63) is 60.7 Å². The standard InChI is InChI=1S/C21H22N2O/c1-21(2,3)14-20(24)22-17-10-12-19-16(13-17)9-11-18(23-19)15-7-5-4-6-8-15/h4-13H,14H2,1-3H3,(H,22,24). The summed E-state index contributed by atoms with van der Waals surface area (Å²) in [5.41, 5.74) is 3.76. The molecule has 0 atom stereocenters. The van der Waals surface area contributed by atoms with Gasteiger partial charge in [-0.1, -0.05) is 57.2 Å². The predicted octanol–water partition coefficient (Wildman–Crippen LogP) is 5.28. The van der Waals surface area contributed by atoms with E-state index in [1.54, 1.807) is 0 Å².